The molecule has 0 atom stereocenters. The van der Waals surface area contributed by atoms with Crippen LogP contribution in [0.25, 0.3) is 0 Å². The minimum absolute atomic E-state index is 0.000357. The third-order valence-corrected chi connectivity index (χ3v) is 3.78. The predicted molar refractivity (Wildman–Crippen MR) is 104 cm³/mol. The Kier molecular flexibility index (Phi) is 7.42. The number of nitro groups is 1. The molecule has 0 saturated carbocycles. The molecule has 0 fully saturated rings. The second-order valence-electron chi connectivity index (χ2n) is 5.23. The van der Waals surface area contributed by atoms with Crippen LogP contribution >= 0.6 is 23.2 Å². The SMILES string of the molecule is CCOc1cc([N+](=O)[O-])cc(/C=N\NC(=O)COc2ccc(Cl)cc2Cl)c1O. The van der Waals surface area contributed by atoms with Crippen LogP contribution in [0.5, 0.6) is 17.2 Å². The number of carbonyl (C=O) groups excluding carboxylic acids is 1. The first-order chi connectivity index (χ1) is 13.3. The molecule has 0 heterocycles. The summed E-state index contributed by atoms with van der Waals surface area (Å²) >= 11 is 11.7. The van der Waals surface area contributed by atoms with Gasteiger partial charge in [0, 0.05) is 16.7 Å². The van der Waals surface area contributed by atoms with Gasteiger partial charge in [-0.15, -0.1) is 0 Å². The van der Waals surface area contributed by atoms with Gasteiger partial charge in [0.15, 0.2) is 18.1 Å². The summed E-state index contributed by atoms with van der Waals surface area (Å²) in [4.78, 5) is 22.2. The molecular formula is C17H15Cl2N3O6. The summed E-state index contributed by atoms with van der Waals surface area (Å²) in [7, 11) is 0. The number of carbonyl (C=O) groups is 1. The molecular weight excluding hydrogens is 413 g/mol. The number of amides is 1. The first-order valence-electron chi connectivity index (χ1n) is 7.85. The highest BCUT2D eigenvalue weighted by Gasteiger charge is 2.16. The van der Waals surface area contributed by atoms with Crippen LogP contribution in [-0.2, 0) is 4.79 Å². The second kappa shape index (κ2) is 9.77. The molecule has 0 aromatic heterocycles. The highest BCUT2D eigenvalue weighted by Crippen LogP contribution is 2.33. The molecule has 11 heteroatoms. The van der Waals surface area contributed by atoms with E-state index in [-0.39, 0.29) is 46.7 Å². The summed E-state index contributed by atoms with van der Waals surface area (Å²) in [5.41, 5.74) is 1.88. The van der Waals surface area contributed by atoms with Crippen molar-refractivity contribution in [1.82, 2.24) is 5.43 Å². The van der Waals surface area contributed by atoms with Crippen LogP contribution in [0.3, 0.4) is 0 Å². The maximum absolute atomic E-state index is 11.8. The van der Waals surface area contributed by atoms with Crippen molar-refractivity contribution in [1.29, 1.82) is 0 Å². The zero-order valence-electron chi connectivity index (χ0n) is 14.5. The van der Waals surface area contributed by atoms with Gasteiger partial charge in [0.05, 0.1) is 28.8 Å². The average Bonchev–Trinajstić information content (AvgIpc) is 2.63. The maximum Gasteiger partial charge on any atom is 0.277 e. The summed E-state index contributed by atoms with van der Waals surface area (Å²) in [6, 6.07) is 6.73. The highest BCUT2D eigenvalue weighted by molar-refractivity contribution is 6.35. The monoisotopic (exact) mass is 427 g/mol. The number of hydrazone groups is 1. The molecule has 0 bridgehead atoms. The summed E-state index contributed by atoms with van der Waals surface area (Å²) in [5, 5.41) is 25.4. The van der Waals surface area contributed by atoms with E-state index in [2.05, 4.69) is 10.5 Å². The van der Waals surface area contributed by atoms with Crippen molar-refractivity contribution in [2.75, 3.05) is 13.2 Å². The lowest BCUT2D eigenvalue weighted by Gasteiger charge is -2.08. The highest BCUT2D eigenvalue weighted by atomic mass is 35.5. The molecule has 0 saturated heterocycles. The van der Waals surface area contributed by atoms with Crippen molar-refractivity contribution in [3.63, 3.8) is 0 Å². The Labute approximate surface area is 169 Å². The second-order valence-corrected chi connectivity index (χ2v) is 6.07. The van der Waals surface area contributed by atoms with Crippen molar-refractivity contribution in [2.45, 2.75) is 6.92 Å². The molecule has 0 unspecified atom stereocenters. The predicted octanol–water partition coefficient (Wildman–Crippen LogP) is 3.54. The molecule has 2 rings (SSSR count). The Morgan fingerprint density at radius 2 is 2.04 bits per heavy atom. The van der Waals surface area contributed by atoms with Gasteiger partial charge in [-0.25, -0.2) is 5.43 Å². The van der Waals surface area contributed by atoms with E-state index in [0.29, 0.717) is 5.02 Å². The summed E-state index contributed by atoms with van der Waals surface area (Å²) in [5.74, 6) is -0.750. The quantitative estimate of drug-likeness (QED) is 0.377. The average molecular weight is 428 g/mol. The normalized spacial score (nSPS) is 10.7. The number of non-ortho nitro benzene ring substituents is 1. The maximum atomic E-state index is 11.8. The Balaban J connectivity index is 2.03. The Morgan fingerprint density at radius 3 is 2.68 bits per heavy atom. The summed E-state index contributed by atoms with van der Waals surface area (Å²) < 4.78 is 10.4. The van der Waals surface area contributed by atoms with Crippen LogP contribution in [-0.4, -0.2) is 35.4 Å². The number of phenolic OH excluding ortho intramolecular Hbond substituents is 1. The van der Waals surface area contributed by atoms with Gasteiger partial charge in [0.1, 0.15) is 5.75 Å². The van der Waals surface area contributed by atoms with E-state index < -0.39 is 10.8 Å². The summed E-state index contributed by atoms with van der Waals surface area (Å²) in [6.45, 7) is 1.48. The largest absolute Gasteiger partial charge is 0.504 e. The van der Waals surface area contributed by atoms with E-state index in [1.54, 1.807) is 13.0 Å². The minimum atomic E-state index is -0.637. The number of aromatic hydroxyl groups is 1. The van der Waals surface area contributed by atoms with Gasteiger partial charge in [-0.1, -0.05) is 23.2 Å². The van der Waals surface area contributed by atoms with Crippen LogP contribution < -0.4 is 14.9 Å². The number of nitro benzene ring substituents is 1. The molecule has 1 amide bonds. The zero-order chi connectivity index (χ0) is 20.7. The Morgan fingerprint density at radius 1 is 1.29 bits per heavy atom. The third-order valence-electron chi connectivity index (χ3n) is 3.25. The lowest BCUT2D eigenvalue weighted by molar-refractivity contribution is -0.385. The lowest BCUT2D eigenvalue weighted by Crippen LogP contribution is -2.24. The number of phenols is 1. The van der Waals surface area contributed by atoms with E-state index in [1.165, 1.54) is 12.1 Å². The van der Waals surface area contributed by atoms with Crippen molar-refractivity contribution in [3.8, 4) is 17.2 Å². The topological polar surface area (TPSA) is 123 Å². The first-order valence-corrected chi connectivity index (χ1v) is 8.61. The fourth-order valence-corrected chi connectivity index (χ4v) is 2.49. The number of halogens is 2. The van der Waals surface area contributed by atoms with Crippen LogP contribution in [0, 0.1) is 10.1 Å². The number of hydrogen-bond donors (Lipinski definition) is 2. The van der Waals surface area contributed by atoms with Crippen molar-refractivity contribution >= 4 is 41.0 Å². The van der Waals surface area contributed by atoms with E-state index >= 15 is 0 Å². The number of nitrogens with one attached hydrogen (secondary N) is 1. The number of hydrogen-bond acceptors (Lipinski definition) is 7. The molecule has 148 valence electrons. The number of benzene rings is 2. The third kappa shape index (κ3) is 5.73. The number of nitrogens with zero attached hydrogens (tertiary/aromatic N) is 2. The Bertz CT molecular complexity index is 920. The molecule has 0 aliphatic carbocycles. The van der Waals surface area contributed by atoms with Gasteiger partial charge in [-0.3, -0.25) is 14.9 Å². The Hall–Kier alpha value is -3.04. The fourth-order valence-electron chi connectivity index (χ4n) is 2.03. The smallest absolute Gasteiger partial charge is 0.277 e. The van der Waals surface area contributed by atoms with E-state index in [1.807, 2.05) is 0 Å². The molecule has 2 aromatic rings. The van der Waals surface area contributed by atoms with Crippen molar-refractivity contribution in [3.05, 3.63) is 56.1 Å². The van der Waals surface area contributed by atoms with Crippen LogP contribution in [0.15, 0.2) is 35.4 Å². The molecule has 0 spiro atoms. The first kappa shape index (κ1) is 21.3. The van der Waals surface area contributed by atoms with E-state index in [9.17, 15) is 20.0 Å². The summed E-state index contributed by atoms with van der Waals surface area (Å²) in [6.07, 6.45) is 1.05. The molecule has 28 heavy (non-hydrogen) atoms. The van der Waals surface area contributed by atoms with Gasteiger partial charge < -0.3 is 14.6 Å². The molecule has 2 N–H and O–H groups in total. The zero-order valence-corrected chi connectivity index (χ0v) is 16.0. The molecule has 9 nitrogen and oxygen atoms in total. The molecule has 0 radical (unpaired) electrons. The number of rotatable bonds is 8. The van der Waals surface area contributed by atoms with Gasteiger partial charge in [-0.2, -0.15) is 5.10 Å². The van der Waals surface area contributed by atoms with Crippen LogP contribution in [0.2, 0.25) is 10.0 Å². The van der Waals surface area contributed by atoms with Crippen LogP contribution in [0.1, 0.15) is 12.5 Å². The lowest BCUT2D eigenvalue weighted by atomic mass is 10.1. The molecule has 0 aliphatic rings. The molecule has 0 aliphatic heterocycles. The van der Waals surface area contributed by atoms with Gasteiger partial charge in [-0.05, 0) is 25.1 Å². The molecule has 2 aromatic carbocycles. The van der Waals surface area contributed by atoms with Crippen molar-refractivity contribution in [2.24, 2.45) is 5.10 Å². The van der Waals surface area contributed by atoms with E-state index in [4.69, 9.17) is 32.7 Å². The van der Waals surface area contributed by atoms with E-state index in [0.717, 1.165) is 18.3 Å². The van der Waals surface area contributed by atoms with Crippen LogP contribution in [0.4, 0.5) is 5.69 Å². The minimum Gasteiger partial charge on any atom is -0.504 e. The fraction of sp³-hybridized carbons (Fsp3) is 0.176. The van der Waals surface area contributed by atoms with Gasteiger partial charge in [0.25, 0.3) is 11.6 Å². The van der Waals surface area contributed by atoms with Crippen molar-refractivity contribution < 1.29 is 24.3 Å². The van der Waals surface area contributed by atoms with Gasteiger partial charge >= 0.3 is 0 Å². The standard InChI is InChI=1S/C17H15Cl2N3O6/c1-2-27-15-7-12(22(25)26)5-10(17(15)24)8-20-21-16(23)9-28-14-4-3-11(18)6-13(14)19/h3-8,24H,2,9H2,1H3,(H,21,23)/b20-8-. The number of ether oxygens (including phenoxy) is 2. The van der Waals surface area contributed by atoms with Gasteiger partial charge in [0.2, 0.25) is 0 Å².